The topological polar surface area (TPSA) is 82.0 Å². The third kappa shape index (κ3) is 4.67. The number of carbonyl (C=O) groups is 1. The first kappa shape index (κ1) is 20.5. The molecule has 6 nitrogen and oxygen atoms in total. The van der Waals surface area contributed by atoms with Gasteiger partial charge in [0.2, 0.25) is 10.7 Å². The van der Waals surface area contributed by atoms with Crippen LogP contribution in [-0.4, -0.2) is 32.2 Å². The highest BCUT2D eigenvalue weighted by Crippen LogP contribution is 2.25. The molecule has 0 bridgehead atoms. The van der Waals surface area contributed by atoms with E-state index in [1.807, 2.05) is 0 Å². The molecule has 12 heteroatoms. The number of carbonyl (C=O) groups excluding carboxylic acids is 1. The summed E-state index contributed by atoms with van der Waals surface area (Å²) in [6.45, 7) is 0.750. The van der Waals surface area contributed by atoms with E-state index in [-0.39, 0.29) is 10.8 Å². The number of pyridine rings is 1. The molecule has 2 atom stereocenters. The van der Waals surface area contributed by atoms with Gasteiger partial charge in [0.05, 0.1) is 17.6 Å². The Bertz CT molecular complexity index is 815. The van der Waals surface area contributed by atoms with Gasteiger partial charge in [-0.05, 0) is 19.1 Å². The van der Waals surface area contributed by atoms with Crippen molar-refractivity contribution < 1.29 is 26.9 Å². The van der Waals surface area contributed by atoms with E-state index in [0.29, 0.717) is 0 Å². The Labute approximate surface area is 153 Å². The number of nitrogens with one attached hydrogen (secondary N) is 2. The predicted octanol–water partition coefficient (Wildman–Crippen LogP) is 3.03. The molecular weight excluding hydrogens is 400 g/mol. The highest BCUT2D eigenvalue weighted by Gasteiger charge is 2.40. The van der Waals surface area contributed by atoms with E-state index in [2.05, 4.69) is 10.3 Å². The van der Waals surface area contributed by atoms with Gasteiger partial charge in [0.25, 0.3) is 5.91 Å². The van der Waals surface area contributed by atoms with Gasteiger partial charge in [0.15, 0.2) is 0 Å². The SMILES string of the molecule is CC(N[S+]([O-])c1cn(C)c(C(=O)Nc2ccnc(Cl)c2)c1F)C(F)(F)F. The quantitative estimate of drug-likeness (QED) is 0.449. The van der Waals surface area contributed by atoms with Crippen LogP contribution in [0.25, 0.3) is 0 Å². The molecule has 2 aromatic rings. The Balaban J connectivity index is 2.22. The van der Waals surface area contributed by atoms with Gasteiger partial charge < -0.3 is 14.4 Å². The highest BCUT2D eigenvalue weighted by molar-refractivity contribution is 7.89. The lowest BCUT2D eigenvalue weighted by atomic mass is 10.3. The summed E-state index contributed by atoms with van der Waals surface area (Å²) < 4.78 is 66.9. The summed E-state index contributed by atoms with van der Waals surface area (Å²) in [5, 5.41) is 2.47. The van der Waals surface area contributed by atoms with Gasteiger partial charge in [-0.2, -0.15) is 17.6 Å². The summed E-state index contributed by atoms with van der Waals surface area (Å²) in [6.07, 6.45) is -2.35. The third-order valence-corrected chi connectivity index (χ3v) is 4.72. The summed E-state index contributed by atoms with van der Waals surface area (Å²) >= 11 is 3.18. The van der Waals surface area contributed by atoms with Crippen molar-refractivity contribution >= 4 is 34.6 Å². The second-order valence-electron chi connectivity index (χ2n) is 5.24. The van der Waals surface area contributed by atoms with E-state index in [1.165, 1.54) is 25.4 Å². The number of aromatic nitrogens is 2. The highest BCUT2D eigenvalue weighted by atomic mass is 35.5. The van der Waals surface area contributed by atoms with Crippen molar-refractivity contribution in [2.24, 2.45) is 7.05 Å². The molecule has 0 spiro atoms. The smallest absolute Gasteiger partial charge is 0.407 e. The van der Waals surface area contributed by atoms with E-state index in [0.717, 1.165) is 17.7 Å². The zero-order valence-electron chi connectivity index (χ0n) is 13.4. The lowest BCUT2D eigenvalue weighted by molar-refractivity contribution is -0.147. The van der Waals surface area contributed by atoms with E-state index in [1.54, 1.807) is 4.72 Å². The van der Waals surface area contributed by atoms with Crippen LogP contribution in [0.5, 0.6) is 0 Å². The van der Waals surface area contributed by atoms with E-state index in [9.17, 15) is 26.9 Å². The first-order valence-electron chi connectivity index (χ1n) is 7.03. The third-order valence-electron chi connectivity index (χ3n) is 3.26. The average Bonchev–Trinajstić information content (AvgIpc) is 2.81. The maximum absolute atomic E-state index is 14.5. The molecule has 0 aromatic carbocycles. The minimum atomic E-state index is -4.65. The van der Waals surface area contributed by atoms with Gasteiger partial charge in [0, 0.05) is 18.9 Å². The van der Waals surface area contributed by atoms with Crippen molar-refractivity contribution in [3.63, 3.8) is 0 Å². The number of aryl methyl sites for hydroxylation is 1. The fourth-order valence-electron chi connectivity index (χ4n) is 1.92. The lowest BCUT2D eigenvalue weighted by Gasteiger charge is -2.17. The molecule has 142 valence electrons. The normalized spacial score (nSPS) is 14.2. The van der Waals surface area contributed by atoms with Crippen molar-refractivity contribution in [1.82, 2.24) is 14.3 Å². The van der Waals surface area contributed by atoms with Gasteiger partial charge in [-0.1, -0.05) is 11.6 Å². The number of hydrogen-bond acceptors (Lipinski definition) is 4. The molecule has 2 N–H and O–H groups in total. The van der Waals surface area contributed by atoms with Crippen molar-refractivity contribution in [2.75, 3.05) is 5.32 Å². The molecule has 0 radical (unpaired) electrons. The van der Waals surface area contributed by atoms with Gasteiger partial charge in [-0.3, -0.25) is 4.79 Å². The maximum atomic E-state index is 14.5. The Morgan fingerprint density at radius 1 is 1.46 bits per heavy atom. The molecule has 0 aliphatic carbocycles. The average molecular weight is 413 g/mol. The van der Waals surface area contributed by atoms with Crippen LogP contribution in [0.4, 0.5) is 23.2 Å². The van der Waals surface area contributed by atoms with Crippen LogP contribution in [0.1, 0.15) is 17.4 Å². The first-order valence-corrected chi connectivity index (χ1v) is 8.56. The van der Waals surface area contributed by atoms with Crippen LogP contribution < -0.4 is 10.0 Å². The molecule has 2 rings (SSSR count). The Morgan fingerprint density at radius 2 is 2.12 bits per heavy atom. The minimum absolute atomic E-state index is 0.0993. The van der Waals surface area contributed by atoms with Crippen LogP contribution >= 0.6 is 11.6 Å². The molecule has 2 unspecified atom stereocenters. The molecule has 26 heavy (non-hydrogen) atoms. The lowest BCUT2D eigenvalue weighted by Crippen LogP contribution is -2.43. The summed E-state index contributed by atoms with van der Waals surface area (Å²) in [6, 6.07) is 0.613. The summed E-state index contributed by atoms with van der Waals surface area (Å²) in [7, 11) is 1.30. The Kier molecular flexibility index (Phi) is 6.17. The Hall–Kier alpha value is -1.82. The van der Waals surface area contributed by atoms with Crippen LogP contribution in [0.15, 0.2) is 29.4 Å². The zero-order valence-corrected chi connectivity index (χ0v) is 15.0. The fourth-order valence-corrected chi connectivity index (χ4v) is 3.19. The number of hydrogen-bond donors (Lipinski definition) is 2. The second-order valence-corrected chi connectivity index (χ2v) is 6.84. The molecule has 0 saturated carbocycles. The summed E-state index contributed by atoms with van der Waals surface area (Å²) in [5.41, 5.74) is -0.259. The van der Waals surface area contributed by atoms with Crippen molar-refractivity contribution in [2.45, 2.75) is 24.0 Å². The standard InChI is InChI=1S/C14H13ClF4N4O2S/c1-7(14(17,18)19)22-26(25)9-6-23(2)12(11(9)16)13(24)21-8-3-4-20-10(15)5-8/h3-7,22H,1-2H3,(H,20,21,24). The van der Waals surface area contributed by atoms with Crippen LogP contribution in [-0.2, 0) is 18.4 Å². The zero-order chi connectivity index (χ0) is 19.6. The maximum Gasteiger partial charge on any atom is 0.407 e. The summed E-state index contributed by atoms with van der Waals surface area (Å²) in [4.78, 5) is 15.4. The van der Waals surface area contributed by atoms with Gasteiger partial charge in [-0.25, -0.2) is 4.98 Å². The number of anilines is 1. The van der Waals surface area contributed by atoms with Crippen LogP contribution in [0.3, 0.4) is 0 Å². The number of nitrogens with zero attached hydrogens (tertiary/aromatic N) is 2. The van der Waals surface area contributed by atoms with Crippen molar-refractivity contribution in [3.05, 3.63) is 41.2 Å². The molecule has 2 heterocycles. The van der Waals surface area contributed by atoms with Crippen molar-refractivity contribution in [1.29, 1.82) is 0 Å². The minimum Gasteiger partial charge on any atom is -0.593 e. The second kappa shape index (κ2) is 7.82. The number of alkyl halides is 3. The van der Waals surface area contributed by atoms with Gasteiger partial charge in [0.1, 0.15) is 16.9 Å². The predicted molar refractivity (Wildman–Crippen MR) is 87.6 cm³/mol. The van der Waals surface area contributed by atoms with E-state index >= 15 is 0 Å². The molecule has 2 aromatic heterocycles. The monoisotopic (exact) mass is 412 g/mol. The molecule has 0 fully saturated rings. The molecule has 0 saturated heterocycles. The number of rotatable bonds is 5. The Morgan fingerprint density at radius 3 is 2.69 bits per heavy atom. The molecule has 1 amide bonds. The number of amides is 1. The fraction of sp³-hybridized carbons (Fsp3) is 0.286. The van der Waals surface area contributed by atoms with E-state index < -0.39 is 45.9 Å². The van der Waals surface area contributed by atoms with Crippen LogP contribution in [0, 0.1) is 5.82 Å². The molecular formula is C14H13ClF4N4O2S. The molecule has 0 aliphatic heterocycles. The van der Waals surface area contributed by atoms with Crippen molar-refractivity contribution in [3.8, 4) is 0 Å². The summed E-state index contributed by atoms with van der Waals surface area (Å²) in [5.74, 6) is -2.08. The largest absolute Gasteiger partial charge is 0.593 e. The molecule has 0 aliphatic rings. The number of halogens is 5. The van der Waals surface area contributed by atoms with Gasteiger partial charge in [-0.15, -0.1) is 4.72 Å². The van der Waals surface area contributed by atoms with Crippen LogP contribution in [0.2, 0.25) is 5.15 Å². The first-order chi connectivity index (χ1) is 12.0. The van der Waals surface area contributed by atoms with Gasteiger partial charge >= 0.3 is 6.18 Å². The van der Waals surface area contributed by atoms with E-state index in [4.69, 9.17) is 11.6 Å².